The Labute approximate surface area is 184 Å². The summed E-state index contributed by atoms with van der Waals surface area (Å²) in [4.78, 5) is 50.2. The molecule has 0 unspecified atom stereocenters. The van der Waals surface area contributed by atoms with Crippen molar-refractivity contribution in [1.82, 2.24) is 0 Å². The van der Waals surface area contributed by atoms with Crippen molar-refractivity contribution in [3.8, 4) is 23.0 Å². The zero-order chi connectivity index (χ0) is 24.0. The number of carbonyl (C=O) groups is 4. The van der Waals surface area contributed by atoms with Crippen LogP contribution in [-0.2, 0) is 16.1 Å². The molecule has 0 saturated heterocycles. The average Bonchev–Trinajstić information content (AvgIpc) is 2.79. The third kappa shape index (κ3) is 4.88. The van der Waals surface area contributed by atoms with Gasteiger partial charge < -0.3 is 24.8 Å². The van der Waals surface area contributed by atoms with Crippen molar-refractivity contribution in [2.24, 2.45) is 0 Å². The molecular weight excluding hydrogens is 420 g/mol. The van der Waals surface area contributed by atoms with Gasteiger partial charge in [0.2, 0.25) is 5.75 Å². The Kier molecular flexibility index (Phi) is 7.95. The molecule has 0 bridgehead atoms. The van der Waals surface area contributed by atoms with Crippen molar-refractivity contribution in [3.63, 3.8) is 0 Å². The maximum Gasteiger partial charge on any atom is 0.340 e. The highest BCUT2D eigenvalue weighted by atomic mass is 16.5. The normalized spacial score (nSPS) is 10.5. The van der Waals surface area contributed by atoms with E-state index in [0.29, 0.717) is 0 Å². The summed E-state index contributed by atoms with van der Waals surface area (Å²) in [6.45, 7) is 3.99. The molecule has 0 spiro atoms. The standard InChI is InChI=1S/C23H24O9/c1-4-13(24)17-19(23(30)31-11-12-9-7-8-10-15(12)26)18(14(25)5-2)22(21(29)20(17)28)32-16(27)6-3/h7-10,26,28-29H,4-6,11H2,1-3H3. The van der Waals surface area contributed by atoms with Gasteiger partial charge in [0.1, 0.15) is 12.4 Å². The lowest BCUT2D eigenvalue weighted by Crippen LogP contribution is -2.20. The fourth-order valence-corrected chi connectivity index (χ4v) is 2.93. The van der Waals surface area contributed by atoms with E-state index in [-0.39, 0.29) is 30.6 Å². The van der Waals surface area contributed by atoms with E-state index in [1.54, 1.807) is 12.1 Å². The van der Waals surface area contributed by atoms with Crippen LogP contribution in [0.2, 0.25) is 0 Å². The number of esters is 2. The predicted octanol–water partition coefficient (Wildman–Crippen LogP) is 3.66. The van der Waals surface area contributed by atoms with Crippen molar-refractivity contribution in [2.75, 3.05) is 0 Å². The van der Waals surface area contributed by atoms with Gasteiger partial charge in [0.25, 0.3) is 0 Å². The Morgan fingerprint density at radius 2 is 1.38 bits per heavy atom. The average molecular weight is 444 g/mol. The quantitative estimate of drug-likeness (QED) is 0.228. The predicted molar refractivity (Wildman–Crippen MR) is 112 cm³/mol. The molecule has 0 aliphatic carbocycles. The number of phenolic OH excluding ortho intramolecular Hbond substituents is 3. The second kappa shape index (κ2) is 10.4. The first-order valence-corrected chi connectivity index (χ1v) is 10.0. The molecule has 9 heteroatoms. The summed E-state index contributed by atoms with van der Waals surface area (Å²) in [6.07, 6.45) is -0.455. The molecule has 3 N–H and O–H groups in total. The molecule has 2 rings (SSSR count). The highest BCUT2D eigenvalue weighted by Crippen LogP contribution is 2.45. The van der Waals surface area contributed by atoms with Crippen molar-refractivity contribution < 1.29 is 44.0 Å². The van der Waals surface area contributed by atoms with E-state index >= 15 is 0 Å². The fourth-order valence-electron chi connectivity index (χ4n) is 2.93. The summed E-state index contributed by atoms with van der Waals surface area (Å²) < 4.78 is 10.3. The van der Waals surface area contributed by atoms with Crippen molar-refractivity contribution >= 4 is 23.5 Å². The van der Waals surface area contributed by atoms with Crippen molar-refractivity contribution in [2.45, 2.75) is 46.6 Å². The van der Waals surface area contributed by atoms with Crippen LogP contribution in [0.5, 0.6) is 23.0 Å². The third-order valence-corrected chi connectivity index (χ3v) is 4.66. The number of ketones is 2. The number of aromatic hydroxyl groups is 3. The first-order chi connectivity index (χ1) is 15.2. The molecule has 170 valence electrons. The molecule has 2 aromatic carbocycles. The number of ether oxygens (including phenoxy) is 2. The first-order valence-electron chi connectivity index (χ1n) is 10.0. The lowest BCUT2D eigenvalue weighted by molar-refractivity contribution is -0.134. The van der Waals surface area contributed by atoms with Gasteiger partial charge in [-0.15, -0.1) is 0 Å². The first kappa shape index (κ1) is 24.4. The zero-order valence-electron chi connectivity index (χ0n) is 17.9. The number of benzene rings is 2. The highest BCUT2D eigenvalue weighted by molar-refractivity contribution is 6.17. The molecule has 0 heterocycles. The van der Waals surface area contributed by atoms with Crippen molar-refractivity contribution in [3.05, 3.63) is 46.5 Å². The lowest BCUT2D eigenvalue weighted by atomic mass is 9.91. The minimum atomic E-state index is -1.18. The molecule has 0 radical (unpaired) electrons. The van der Waals surface area contributed by atoms with Crippen LogP contribution in [0.25, 0.3) is 0 Å². The fraction of sp³-hybridized carbons (Fsp3) is 0.304. The monoisotopic (exact) mass is 444 g/mol. The lowest BCUT2D eigenvalue weighted by Gasteiger charge is -2.19. The number of hydrogen-bond acceptors (Lipinski definition) is 9. The number of phenols is 3. The summed E-state index contributed by atoms with van der Waals surface area (Å²) in [5.74, 6) is -6.34. The molecule has 0 aliphatic rings. The van der Waals surface area contributed by atoms with Crippen LogP contribution >= 0.6 is 0 Å². The SMILES string of the molecule is CCC(=O)Oc1c(O)c(O)c(C(=O)CC)c(C(=O)OCc2ccccc2O)c1C(=O)CC. The number of para-hydroxylation sites is 1. The summed E-state index contributed by atoms with van der Waals surface area (Å²) >= 11 is 0. The molecule has 0 amide bonds. The van der Waals surface area contributed by atoms with Gasteiger partial charge in [-0.05, 0) is 6.07 Å². The van der Waals surface area contributed by atoms with Crippen molar-refractivity contribution in [1.29, 1.82) is 0 Å². The van der Waals surface area contributed by atoms with Crippen LogP contribution in [0.4, 0.5) is 0 Å². The Bertz CT molecular complexity index is 1070. The summed E-state index contributed by atoms with van der Waals surface area (Å²) in [5, 5.41) is 30.8. The molecule has 0 fully saturated rings. The second-order valence-corrected chi connectivity index (χ2v) is 6.74. The Hall–Kier alpha value is -3.88. The molecular formula is C23H24O9. The third-order valence-electron chi connectivity index (χ3n) is 4.66. The van der Waals surface area contributed by atoms with Crippen LogP contribution in [0.3, 0.4) is 0 Å². The highest BCUT2D eigenvalue weighted by Gasteiger charge is 2.35. The Morgan fingerprint density at radius 1 is 0.781 bits per heavy atom. The summed E-state index contributed by atoms with van der Waals surface area (Å²) in [7, 11) is 0. The molecule has 0 atom stereocenters. The van der Waals surface area contributed by atoms with E-state index in [4.69, 9.17) is 9.47 Å². The topological polar surface area (TPSA) is 147 Å². The van der Waals surface area contributed by atoms with E-state index in [1.807, 2.05) is 0 Å². The zero-order valence-corrected chi connectivity index (χ0v) is 17.9. The molecule has 0 saturated carbocycles. The van der Waals surface area contributed by atoms with E-state index in [1.165, 1.54) is 32.9 Å². The molecule has 2 aromatic rings. The van der Waals surface area contributed by atoms with Gasteiger partial charge in [-0.25, -0.2) is 4.79 Å². The smallest absolute Gasteiger partial charge is 0.340 e. The largest absolute Gasteiger partial charge is 0.508 e. The van der Waals surface area contributed by atoms with Crippen LogP contribution in [0, 0.1) is 0 Å². The van der Waals surface area contributed by atoms with Crippen LogP contribution < -0.4 is 4.74 Å². The van der Waals surface area contributed by atoms with E-state index in [2.05, 4.69) is 0 Å². The van der Waals surface area contributed by atoms with Gasteiger partial charge in [-0.1, -0.05) is 39.0 Å². The summed E-state index contributed by atoms with van der Waals surface area (Å²) in [5.41, 5.74) is -1.51. The van der Waals surface area contributed by atoms with Gasteiger partial charge >= 0.3 is 11.9 Å². The minimum Gasteiger partial charge on any atom is -0.508 e. The van der Waals surface area contributed by atoms with Crippen LogP contribution in [0.1, 0.15) is 76.7 Å². The Morgan fingerprint density at radius 3 is 1.94 bits per heavy atom. The van der Waals surface area contributed by atoms with Crippen LogP contribution in [0.15, 0.2) is 24.3 Å². The number of Topliss-reactive ketones (excluding diaryl/α,β-unsaturated/α-hetero) is 2. The van der Waals surface area contributed by atoms with E-state index < -0.39 is 64.1 Å². The second-order valence-electron chi connectivity index (χ2n) is 6.74. The van der Waals surface area contributed by atoms with Gasteiger partial charge in [-0.2, -0.15) is 0 Å². The maximum atomic E-state index is 13.0. The molecule has 32 heavy (non-hydrogen) atoms. The van der Waals surface area contributed by atoms with Gasteiger partial charge in [0.05, 0.1) is 16.7 Å². The van der Waals surface area contributed by atoms with Gasteiger partial charge in [0, 0.05) is 24.8 Å². The maximum absolute atomic E-state index is 13.0. The molecule has 9 nitrogen and oxygen atoms in total. The van der Waals surface area contributed by atoms with Crippen LogP contribution in [-0.4, -0.2) is 38.8 Å². The Balaban J connectivity index is 2.74. The number of carbonyl (C=O) groups excluding carboxylic acids is 4. The molecule has 0 aliphatic heterocycles. The van der Waals surface area contributed by atoms with Gasteiger partial charge in [0.15, 0.2) is 23.1 Å². The summed E-state index contributed by atoms with van der Waals surface area (Å²) in [6, 6.07) is 6.07. The number of rotatable bonds is 9. The van der Waals surface area contributed by atoms with E-state index in [0.717, 1.165) is 0 Å². The van der Waals surface area contributed by atoms with Gasteiger partial charge in [-0.3, -0.25) is 14.4 Å². The minimum absolute atomic E-state index is 0.122. The molecule has 0 aromatic heterocycles. The van der Waals surface area contributed by atoms with E-state index in [9.17, 15) is 34.5 Å². The number of hydrogen-bond donors (Lipinski definition) is 3.